The van der Waals surface area contributed by atoms with E-state index in [9.17, 15) is 13.2 Å². The monoisotopic (exact) mass is 431 g/mol. The third kappa shape index (κ3) is 6.10. The topological polar surface area (TPSA) is 47.5 Å². The molecule has 31 heavy (non-hydrogen) atoms. The van der Waals surface area contributed by atoms with Crippen molar-refractivity contribution in [2.24, 2.45) is 0 Å². The fourth-order valence-corrected chi connectivity index (χ4v) is 2.82. The molecule has 0 atom stereocenters. The molecule has 0 aliphatic rings. The molecule has 0 spiro atoms. The molecule has 0 N–H and O–H groups in total. The zero-order chi connectivity index (χ0) is 22.6. The minimum absolute atomic E-state index is 0.133. The summed E-state index contributed by atoms with van der Waals surface area (Å²) in [4.78, 5) is 9.15. The molecule has 3 aromatic rings. The van der Waals surface area contributed by atoms with Crippen LogP contribution in [0.3, 0.4) is 0 Å². The molecule has 0 aliphatic carbocycles. The van der Waals surface area contributed by atoms with Crippen LogP contribution in [0.1, 0.15) is 31.9 Å². The maximum absolute atomic E-state index is 13.6. The molecule has 1 aromatic heterocycles. The van der Waals surface area contributed by atoms with E-state index in [4.69, 9.17) is 9.47 Å². The maximum Gasteiger partial charge on any atom is 0.421 e. The Morgan fingerprint density at radius 3 is 2.16 bits per heavy atom. The lowest BCUT2D eigenvalue weighted by atomic mass is 10.2. The van der Waals surface area contributed by atoms with Crippen LogP contribution in [0, 0.1) is 0 Å². The van der Waals surface area contributed by atoms with Crippen molar-refractivity contribution in [3.8, 4) is 11.8 Å². The van der Waals surface area contributed by atoms with Crippen molar-refractivity contribution in [3.63, 3.8) is 0 Å². The van der Waals surface area contributed by atoms with Gasteiger partial charge in [-0.1, -0.05) is 30.3 Å². The second-order valence-corrected chi connectivity index (χ2v) is 7.93. The number of halogens is 3. The van der Waals surface area contributed by atoms with Crippen LogP contribution < -0.4 is 14.4 Å². The Kier molecular flexibility index (Phi) is 6.38. The third-order valence-electron chi connectivity index (χ3n) is 4.23. The lowest BCUT2D eigenvalue weighted by molar-refractivity contribution is -0.137. The van der Waals surface area contributed by atoms with Crippen molar-refractivity contribution < 1.29 is 22.6 Å². The Bertz CT molecular complexity index is 1000. The molecule has 0 unspecified atom stereocenters. The summed E-state index contributed by atoms with van der Waals surface area (Å²) in [6.07, 6.45) is -3.87. The second-order valence-electron chi connectivity index (χ2n) is 7.93. The summed E-state index contributed by atoms with van der Waals surface area (Å²) in [6.45, 7) is 5.90. The smallest absolute Gasteiger partial charge is 0.421 e. The van der Waals surface area contributed by atoms with Crippen LogP contribution >= 0.6 is 0 Å². The van der Waals surface area contributed by atoms with Crippen LogP contribution in [-0.2, 0) is 12.8 Å². The number of alkyl halides is 3. The SMILES string of the molecule is CN(c1ccc(OC(C)(C)C)cc1)c1nc(OCc2ccccc2)ncc1C(F)(F)F. The Morgan fingerprint density at radius 2 is 1.58 bits per heavy atom. The molecule has 0 bridgehead atoms. The maximum atomic E-state index is 13.6. The van der Waals surface area contributed by atoms with E-state index >= 15 is 0 Å². The summed E-state index contributed by atoms with van der Waals surface area (Å²) >= 11 is 0. The van der Waals surface area contributed by atoms with Gasteiger partial charge in [-0.2, -0.15) is 18.2 Å². The number of rotatable bonds is 6. The number of hydrogen-bond acceptors (Lipinski definition) is 5. The minimum atomic E-state index is -4.61. The molecular formula is C23H24F3N3O2. The highest BCUT2D eigenvalue weighted by Crippen LogP contribution is 2.38. The number of aromatic nitrogens is 2. The normalized spacial score (nSPS) is 11.8. The van der Waals surface area contributed by atoms with Crippen LogP contribution in [-0.4, -0.2) is 22.6 Å². The van der Waals surface area contributed by atoms with Crippen molar-refractivity contribution >= 4 is 11.5 Å². The van der Waals surface area contributed by atoms with Gasteiger partial charge in [0.1, 0.15) is 23.5 Å². The van der Waals surface area contributed by atoms with Gasteiger partial charge >= 0.3 is 12.2 Å². The highest BCUT2D eigenvalue weighted by Gasteiger charge is 2.36. The summed E-state index contributed by atoms with van der Waals surface area (Å²) in [6, 6.07) is 15.9. The quantitative estimate of drug-likeness (QED) is 0.478. The lowest BCUT2D eigenvalue weighted by Gasteiger charge is -2.24. The molecule has 164 valence electrons. The molecule has 0 fully saturated rings. The minimum Gasteiger partial charge on any atom is -0.488 e. The summed E-state index contributed by atoms with van der Waals surface area (Å²) in [5, 5.41) is 0. The average molecular weight is 431 g/mol. The summed E-state index contributed by atoms with van der Waals surface area (Å²) in [5.41, 5.74) is 0.0426. The molecular weight excluding hydrogens is 407 g/mol. The number of hydrogen-bond donors (Lipinski definition) is 0. The van der Waals surface area contributed by atoms with Gasteiger partial charge in [0.15, 0.2) is 5.82 Å². The Balaban J connectivity index is 1.87. The van der Waals surface area contributed by atoms with Gasteiger partial charge in [0.05, 0.1) is 0 Å². The first-order valence-corrected chi connectivity index (χ1v) is 9.67. The van der Waals surface area contributed by atoms with Crippen LogP contribution in [0.4, 0.5) is 24.7 Å². The van der Waals surface area contributed by atoms with Crippen molar-refractivity contribution in [2.75, 3.05) is 11.9 Å². The van der Waals surface area contributed by atoms with E-state index < -0.39 is 11.7 Å². The first-order chi connectivity index (χ1) is 14.5. The standard InChI is InChI=1S/C23H24F3N3O2/c1-22(2,3)31-18-12-10-17(11-13-18)29(4)20-19(23(24,25)26)14-27-21(28-20)30-15-16-8-6-5-7-9-16/h5-14H,15H2,1-4H3. The van der Waals surface area contributed by atoms with E-state index in [2.05, 4.69) is 9.97 Å². The van der Waals surface area contributed by atoms with Crippen molar-refractivity contribution in [1.82, 2.24) is 9.97 Å². The van der Waals surface area contributed by atoms with Crippen LogP contribution in [0.5, 0.6) is 11.8 Å². The Morgan fingerprint density at radius 1 is 0.935 bits per heavy atom. The largest absolute Gasteiger partial charge is 0.488 e. The van der Waals surface area contributed by atoms with Gasteiger partial charge in [0, 0.05) is 18.9 Å². The van der Waals surface area contributed by atoms with Crippen molar-refractivity contribution in [1.29, 1.82) is 0 Å². The molecule has 0 amide bonds. The summed E-state index contributed by atoms with van der Waals surface area (Å²) in [5.74, 6) is 0.324. The van der Waals surface area contributed by atoms with E-state index in [1.165, 1.54) is 11.9 Å². The molecule has 0 saturated carbocycles. The Hall–Kier alpha value is -3.29. The van der Waals surface area contributed by atoms with E-state index in [0.717, 1.165) is 11.8 Å². The number of benzene rings is 2. The third-order valence-corrected chi connectivity index (χ3v) is 4.23. The number of anilines is 2. The van der Waals surface area contributed by atoms with E-state index in [-0.39, 0.29) is 24.0 Å². The van der Waals surface area contributed by atoms with Gasteiger partial charge in [-0.25, -0.2) is 4.98 Å². The van der Waals surface area contributed by atoms with Gasteiger partial charge < -0.3 is 14.4 Å². The highest BCUT2D eigenvalue weighted by molar-refractivity contribution is 5.63. The molecule has 0 radical (unpaired) electrons. The van der Waals surface area contributed by atoms with Gasteiger partial charge in [0.2, 0.25) is 0 Å². The first-order valence-electron chi connectivity index (χ1n) is 9.67. The molecule has 8 heteroatoms. The molecule has 3 rings (SSSR count). The molecule has 2 aromatic carbocycles. The predicted octanol–water partition coefficient (Wildman–Crippen LogP) is 6.02. The zero-order valence-electron chi connectivity index (χ0n) is 17.8. The molecule has 5 nitrogen and oxygen atoms in total. The van der Waals surface area contributed by atoms with E-state index in [1.54, 1.807) is 24.3 Å². The average Bonchev–Trinajstić information content (AvgIpc) is 2.71. The molecule has 1 heterocycles. The fraction of sp³-hybridized carbons (Fsp3) is 0.304. The lowest BCUT2D eigenvalue weighted by Crippen LogP contribution is -2.23. The summed E-state index contributed by atoms with van der Waals surface area (Å²) in [7, 11) is 1.51. The Labute approximate surface area is 179 Å². The number of nitrogens with zero attached hydrogens (tertiary/aromatic N) is 3. The van der Waals surface area contributed by atoms with Gasteiger partial charge in [-0.05, 0) is 50.6 Å². The van der Waals surface area contributed by atoms with Gasteiger partial charge in [0.25, 0.3) is 0 Å². The second kappa shape index (κ2) is 8.83. The number of ether oxygens (including phenoxy) is 2. The van der Waals surface area contributed by atoms with E-state index in [0.29, 0.717) is 11.4 Å². The summed E-state index contributed by atoms with van der Waals surface area (Å²) < 4.78 is 52.1. The predicted molar refractivity (Wildman–Crippen MR) is 113 cm³/mol. The van der Waals surface area contributed by atoms with Crippen molar-refractivity contribution in [3.05, 3.63) is 71.9 Å². The fourth-order valence-electron chi connectivity index (χ4n) is 2.82. The van der Waals surface area contributed by atoms with Crippen LogP contribution in [0.15, 0.2) is 60.8 Å². The van der Waals surface area contributed by atoms with Gasteiger partial charge in [-0.15, -0.1) is 0 Å². The van der Waals surface area contributed by atoms with Crippen LogP contribution in [0.25, 0.3) is 0 Å². The molecule has 0 aliphatic heterocycles. The van der Waals surface area contributed by atoms with Crippen LogP contribution in [0.2, 0.25) is 0 Å². The van der Waals surface area contributed by atoms with E-state index in [1.807, 2.05) is 51.1 Å². The first kappa shape index (κ1) is 22.4. The molecule has 0 saturated heterocycles. The van der Waals surface area contributed by atoms with Gasteiger partial charge in [-0.3, -0.25) is 0 Å². The highest BCUT2D eigenvalue weighted by atomic mass is 19.4. The zero-order valence-corrected chi connectivity index (χ0v) is 17.8. The van der Waals surface area contributed by atoms with Crippen molar-refractivity contribution in [2.45, 2.75) is 39.2 Å².